The average molecular weight is 410 g/mol. The Balaban J connectivity index is 3.29. The van der Waals surface area contributed by atoms with Gasteiger partial charge in [-0.3, -0.25) is 19.2 Å². The zero-order chi connectivity index (χ0) is 22.6. The van der Waals surface area contributed by atoms with Crippen molar-refractivity contribution in [2.24, 2.45) is 16.7 Å². The number of hydroxylamine groups is 2. The molecule has 0 saturated carbocycles. The molecule has 0 aromatic carbocycles. The summed E-state index contributed by atoms with van der Waals surface area (Å²) in [4.78, 5) is 43.5. The summed E-state index contributed by atoms with van der Waals surface area (Å²) < 4.78 is 5.58. The van der Waals surface area contributed by atoms with E-state index in [9.17, 15) is 14.4 Å². The van der Waals surface area contributed by atoms with Crippen molar-refractivity contribution in [3.05, 3.63) is 11.1 Å². The number of ketones is 2. The predicted octanol–water partition coefficient (Wildman–Crippen LogP) is 4.13. The van der Waals surface area contributed by atoms with E-state index in [4.69, 9.17) is 9.57 Å². The molecule has 166 valence electrons. The molecule has 0 radical (unpaired) electrons. The monoisotopic (exact) mass is 409 g/mol. The second-order valence-corrected chi connectivity index (χ2v) is 9.93. The Bertz CT molecular complexity index is 657. The SMILES string of the molecule is CCOC(C)CC(=O)C(C1=C(C(=O)CC(=O)N(C)OC)CC(C)(C)C1)C(C)(C)C. The first kappa shape index (κ1) is 25.5. The van der Waals surface area contributed by atoms with Gasteiger partial charge in [0.05, 0.1) is 19.6 Å². The molecule has 2 unspecified atom stereocenters. The van der Waals surface area contributed by atoms with E-state index in [0.717, 1.165) is 10.6 Å². The Hall–Kier alpha value is -1.53. The maximum atomic E-state index is 13.3. The molecular weight excluding hydrogens is 370 g/mol. The van der Waals surface area contributed by atoms with Crippen LogP contribution in [0.3, 0.4) is 0 Å². The van der Waals surface area contributed by atoms with Gasteiger partial charge in [-0.15, -0.1) is 0 Å². The van der Waals surface area contributed by atoms with Crippen LogP contribution in [0, 0.1) is 16.7 Å². The van der Waals surface area contributed by atoms with Gasteiger partial charge in [0.15, 0.2) is 5.78 Å². The lowest BCUT2D eigenvalue weighted by atomic mass is 9.70. The maximum absolute atomic E-state index is 13.3. The highest BCUT2D eigenvalue weighted by Crippen LogP contribution is 2.49. The van der Waals surface area contributed by atoms with Crippen LogP contribution in [0.2, 0.25) is 0 Å². The Morgan fingerprint density at radius 1 is 1.17 bits per heavy atom. The van der Waals surface area contributed by atoms with Crippen molar-refractivity contribution in [2.75, 3.05) is 20.8 Å². The van der Waals surface area contributed by atoms with E-state index in [-0.39, 0.29) is 40.8 Å². The molecule has 1 aliphatic rings. The largest absolute Gasteiger partial charge is 0.378 e. The predicted molar refractivity (Wildman–Crippen MR) is 113 cm³/mol. The number of ether oxygens (including phenoxy) is 1. The highest BCUT2D eigenvalue weighted by Gasteiger charge is 2.43. The second-order valence-electron chi connectivity index (χ2n) is 9.93. The Morgan fingerprint density at radius 3 is 2.24 bits per heavy atom. The number of allylic oxidation sites excluding steroid dienone is 2. The van der Waals surface area contributed by atoms with Gasteiger partial charge in [-0.25, -0.2) is 5.06 Å². The third-order valence-electron chi connectivity index (χ3n) is 5.46. The fourth-order valence-corrected chi connectivity index (χ4v) is 4.23. The van der Waals surface area contributed by atoms with Crippen LogP contribution in [0.1, 0.15) is 74.1 Å². The van der Waals surface area contributed by atoms with Crippen LogP contribution in [0.4, 0.5) is 0 Å². The zero-order valence-corrected chi connectivity index (χ0v) is 19.7. The maximum Gasteiger partial charge on any atom is 0.253 e. The van der Waals surface area contributed by atoms with Gasteiger partial charge in [-0.05, 0) is 43.1 Å². The number of nitrogens with zero attached hydrogens (tertiary/aromatic N) is 1. The number of hydrogen-bond donors (Lipinski definition) is 0. The number of hydrogen-bond acceptors (Lipinski definition) is 5. The molecule has 1 aliphatic carbocycles. The lowest BCUT2D eigenvalue weighted by molar-refractivity contribution is -0.169. The third-order valence-corrected chi connectivity index (χ3v) is 5.46. The summed E-state index contributed by atoms with van der Waals surface area (Å²) in [7, 11) is 2.87. The fourth-order valence-electron chi connectivity index (χ4n) is 4.23. The number of Topliss-reactive ketones (excluding diaryl/α,β-unsaturated/α-hetero) is 2. The van der Waals surface area contributed by atoms with E-state index in [1.807, 2.05) is 34.6 Å². The van der Waals surface area contributed by atoms with E-state index in [1.54, 1.807) is 0 Å². The summed E-state index contributed by atoms with van der Waals surface area (Å²) >= 11 is 0. The molecule has 0 aromatic heterocycles. The minimum absolute atomic E-state index is 0.0942. The van der Waals surface area contributed by atoms with Crippen molar-refractivity contribution in [1.82, 2.24) is 5.06 Å². The Labute approximate surface area is 175 Å². The summed E-state index contributed by atoms with van der Waals surface area (Å²) in [5, 5.41) is 1.06. The first-order chi connectivity index (χ1) is 13.2. The average Bonchev–Trinajstić information content (AvgIpc) is 2.87. The topological polar surface area (TPSA) is 72.9 Å². The van der Waals surface area contributed by atoms with Gasteiger partial charge >= 0.3 is 0 Å². The van der Waals surface area contributed by atoms with Crippen LogP contribution in [-0.4, -0.2) is 49.4 Å². The highest BCUT2D eigenvalue weighted by molar-refractivity contribution is 6.08. The van der Waals surface area contributed by atoms with Crippen LogP contribution in [0.5, 0.6) is 0 Å². The molecule has 0 spiro atoms. The van der Waals surface area contributed by atoms with Crippen LogP contribution in [-0.2, 0) is 24.0 Å². The summed E-state index contributed by atoms with van der Waals surface area (Å²) in [5.41, 5.74) is 1.09. The zero-order valence-electron chi connectivity index (χ0n) is 19.7. The smallest absolute Gasteiger partial charge is 0.253 e. The van der Waals surface area contributed by atoms with Gasteiger partial charge < -0.3 is 4.74 Å². The van der Waals surface area contributed by atoms with Gasteiger partial charge in [0, 0.05) is 26.0 Å². The molecule has 2 atom stereocenters. The number of amides is 1. The lowest BCUT2D eigenvalue weighted by Crippen LogP contribution is -2.34. The molecular formula is C23H39NO5. The summed E-state index contributed by atoms with van der Waals surface area (Å²) in [6, 6.07) is 0. The third kappa shape index (κ3) is 7.03. The van der Waals surface area contributed by atoms with Crippen LogP contribution in [0.25, 0.3) is 0 Å². The van der Waals surface area contributed by atoms with Crippen molar-refractivity contribution in [3.8, 4) is 0 Å². The second kappa shape index (κ2) is 9.98. The van der Waals surface area contributed by atoms with E-state index >= 15 is 0 Å². The van der Waals surface area contributed by atoms with E-state index in [1.165, 1.54) is 14.2 Å². The Morgan fingerprint density at radius 2 is 1.76 bits per heavy atom. The van der Waals surface area contributed by atoms with Crippen molar-refractivity contribution in [1.29, 1.82) is 0 Å². The first-order valence-electron chi connectivity index (χ1n) is 10.4. The molecule has 0 fully saturated rings. The van der Waals surface area contributed by atoms with Gasteiger partial charge in [-0.2, -0.15) is 0 Å². The van der Waals surface area contributed by atoms with E-state index < -0.39 is 5.91 Å². The number of carbonyl (C=O) groups excluding carboxylic acids is 3. The van der Waals surface area contributed by atoms with Crippen molar-refractivity contribution in [3.63, 3.8) is 0 Å². The molecule has 6 nitrogen and oxygen atoms in total. The Kier molecular flexibility index (Phi) is 8.78. The van der Waals surface area contributed by atoms with Gasteiger partial charge in [-0.1, -0.05) is 40.2 Å². The molecule has 0 aliphatic heterocycles. The first-order valence-corrected chi connectivity index (χ1v) is 10.4. The van der Waals surface area contributed by atoms with Crippen molar-refractivity contribution in [2.45, 2.75) is 80.3 Å². The molecule has 0 saturated heterocycles. The fraction of sp³-hybridized carbons (Fsp3) is 0.783. The van der Waals surface area contributed by atoms with Crippen molar-refractivity contribution >= 4 is 17.5 Å². The van der Waals surface area contributed by atoms with E-state index in [2.05, 4.69) is 13.8 Å². The molecule has 29 heavy (non-hydrogen) atoms. The minimum Gasteiger partial charge on any atom is -0.378 e. The molecule has 1 amide bonds. The quantitative estimate of drug-likeness (QED) is 0.401. The van der Waals surface area contributed by atoms with Gasteiger partial charge in [0.2, 0.25) is 0 Å². The van der Waals surface area contributed by atoms with E-state index in [0.29, 0.717) is 31.4 Å². The molecule has 0 bridgehead atoms. The van der Waals surface area contributed by atoms with Gasteiger partial charge in [0.1, 0.15) is 5.78 Å². The summed E-state index contributed by atoms with van der Waals surface area (Å²) in [6.45, 7) is 14.7. The van der Waals surface area contributed by atoms with Crippen molar-refractivity contribution < 1.29 is 24.0 Å². The highest BCUT2D eigenvalue weighted by atomic mass is 16.7. The molecule has 0 N–H and O–H groups in total. The minimum atomic E-state index is -0.391. The standard InChI is InChI=1S/C23H39NO5/c1-10-29-15(2)11-19(26)21(22(3,4)5)17-14-23(6,7)13-16(17)18(25)12-20(27)24(8)28-9/h15,21H,10-14H2,1-9H3. The molecule has 1 rings (SSSR count). The molecule has 0 heterocycles. The normalized spacial score (nSPS) is 18.5. The summed E-state index contributed by atoms with van der Waals surface area (Å²) in [6.07, 6.45) is 1.15. The van der Waals surface area contributed by atoms with Crippen LogP contribution < -0.4 is 0 Å². The van der Waals surface area contributed by atoms with Crippen LogP contribution in [0.15, 0.2) is 11.1 Å². The lowest BCUT2D eigenvalue weighted by Gasteiger charge is -2.33. The number of carbonyl (C=O) groups is 3. The summed E-state index contributed by atoms with van der Waals surface area (Å²) in [5.74, 6) is -0.879. The molecule has 0 aromatic rings. The number of rotatable bonds is 10. The molecule has 6 heteroatoms. The van der Waals surface area contributed by atoms with Crippen LogP contribution >= 0.6 is 0 Å². The van der Waals surface area contributed by atoms with Gasteiger partial charge in [0.25, 0.3) is 5.91 Å².